The van der Waals surface area contributed by atoms with Gasteiger partial charge in [0.25, 0.3) is 11.8 Å². The SMILES string of the molecule is COCCNC(=O)c1cncc(C(=O)NCc2cccnc2)c1. The van der Waals surface area contributed by atoms with Crippen LogP contribution in [0.1, 0.15) is 26.3 Å². The first-order valence-corrected chi connectivity index (χ1v) is 7.10. The van der Waals surface area contributed by atoms with Gasteiger partial charge in [-0.2, -0.15) is 0 Å². The number of rotatable bonds is 7. The average molecular weight is 314 g/mol. The Morgan fingerprint density at radius 3 is 2.48 bits per heavy atom. The second-order valence-corrected chi connectivity index (χ2v) is 4.75. The number of pyridine rings is 2. The van der Waals surface area contributed by atoms with Gasteiger partial charge in [0.1, 0.15) is 0 Å². The Morgan fingerprint density at radius 2 is 1.83 bits per heavy atom. The zero-order chi connectivity index (χ0) is 16.5. The number of amides is 2. The third kappa shape index (κ3) is 5.15. The second kappa shape index (κ2) is 8.60. The van der Waals surface area contributed by atoms with Gasteiger partial charge in [-0.25, -0.2) is 0 Å². The molecular weight excluding hydrogens is 296 g/mol. The van der Waals surface area contributed by atoms with E-state index in [1.165, 1.54) is 18.5 Å². The molecule has 0 radical (unpaired) electrons. The van der Waals surface area contributed by atoms with E-state index in [1.54, 1.807) is 25.6 Å². The van der Waals surface area contributed by atoms with Gasteiger partial charge in [0, 0.05) is 45.0 Å². The highest BCUT2D eigenvalue weighted by Gasteiger charge is 2.11. The molecule has 0 saturated carbocycles. The van der Waals surface area contributed by atoms with E-state index in [9.17, 15) is 9.59 Å². The molecule has 0 aliphatic rings. The third-order valence-electron chi connectivity index (χ3n) is 3.03. The fourth-order valence-electron chi connectivity index (χ4n) is 1.84. The lowest BCUT2D eigenvalue weighted by molar-refractivity contribution is 0.0936. The zero-order valence-corrected chi connectivity index (χ0v) is 12.8. The Morgan fingerprint density at radius 1 is 1.09 bits per heavy atom. The molecule has 2 N–H and O–H groups in total. The summed E-state index contributed by atoms with van der Waals surface area (Å²) in [5, 5.41) is 5.44. The molecule has 0 aliphatic carbocycles. The van der Waals surface area contributed by atoms with Crippen molar-refractivity contribution in [2.45, 2.75) is 6.54 Å². The van der Waals surface area contributed by atoms with Crippen LogP contribution in [0.3, 0.4) is 0 Å². The summed E-state index contributed by atoms with van der Waals surface area (Å²) >= 11 is 0. The van der Waals surface area contributed by atoms with Gasteiger partial charge in [-0.15, -0.1) is 0 Å². The number of carbonyl (C=O) groups is 2. The van der Waals surface area contributed by atoms with Crippen molar-refractivity contribution in [2.24, 2.45) is 0 Å². The molecule has 2 rings (SSSR count). The van der Waals surface area contributed by atoms with Crippen LogP contribution in [-0.4, -0.2) is 42.0 Å². The first-order chi connectivity index (χ1) is 11.2. The van der Waals surface area contributed by atoms with Crippen LogP contribution in [0.2, 0.25) is 0 Å². The number of nitrogens with one attached hydrogen (secondary N) is 2. The number of ether oxygens (including phenoxy) is 1. The first kappa shape index (κ1) is 16.6. The van der Waals surface area contributed by atoms with Gasteiger partial charge in [-0.1, -0.05) is 6.07 Å². The Hall–Kier alpha value is -2.80. The van der Waals surface area contributed by atoms with Crippen molar-refractivity contribution < 1.29 is 14.3 Å². The second-order valence-electron chi connectivity index (χ2n) is 4.75. The lowest BCUT2D eigenvalue weighted by Gasteiger charge is -2.07. The molecule has 0 aromatic carbocycles. The average Bonchev–Trinajstić information content (AvgIpc) is 2.61. The number of hydrogen-bond donors (Lipinski definition) is 2. The summed E-state index contributed by atoms with van der Waals surface area (Å²) in [5.41, 5.74) is 1.55. The van der Waals surface area contributed by atoms with Crippen LogP contribution in [-0.2, 0) is 11.3 Å². The smallest absolute Gasteiger partial charge is 0.253 e. The van der Waals surface area contributed by atoms with Crippen molar-refractivity contribution in [1.29, 1.82) is 0 Å². The molecule has 2 aromatic rings. The van der Waals surface area contributed by atoms with Crippen molar-refractivity contribution in [2.75, 3.05) is 20.3 Å². The Labute approximate surface area is 134 Å². The molecule has 120 valence electrons. The van der Waals surface area contributed by atoms with Crippen LogP contribution >= 0.6 is 0 Å². The van der Waals surface area contributed by atoms with Gasteiger partial charge in [0.2, 0.25) is 0 Å². The number of carbonyl (C=O) groups excluding carboxylic acids is 2. The number of nitrogens with zero attached hydrogens (tertiary/aromatic N) is 2. The van der Waals surface area contributed by atoms with E-state index in [1.807, 2.05) is 6.07 Å². The molecule has 2 aromatic heterocycles. The number of methoxy groups -OCH3 is 1. The van der Waals surface area contributed by atoms with Crippen molar-refractivity contribution in [1.82, 2.24) is 20.6 Å². The monoisotopic (exact) mass is 314 g/mol. The van der Waals surface area contributed by atoms with E-state index in [2.05, 4.69) is 20.6 Å². The van der Waals surface area contributed by atoms with Gasteiger partial charge in [0.15, 0.2) is 0 Å². The largest absolute Gasteiger partial charge is 0.383 e. The molecule has 23 heavy (non-hydrogen) atoms. The van der Waals surface area contributed by atoms with Crippen LogP contribution in [0.25, 0.3) is 0 Å². The van der Waals surface area contributed by atoms with Crippen LogP contribution in [0.4, 0.5) is 0 Å². The van der Waals surface area contributed by atoms with E-state index in [0.717, 1.165) is 5.56 Å². The van der Waals surface area contributed by atoms with E-state index >= 15 is 0 Å². The van der Waals surface area contributed by atoms with Gasteiger partial charge in [0.05, 0.1) is 17.7 Å². The predicted octanol–water partition coefficient (Wildman–Crippen LogP) is 0.783. The molecule has 0 saturated heterocycles. The summed E-state index contributed by atoms with van der Waals surface area (Å²) in [5.74, 6) is -0.593. The molecule has 0 atom stereocenters. The summed E-state index contributed by atoms with van der Waals surface area (Å²) in [6, 6.07) is 5.17. The van der Waals surface area contributed by atoms with Crippen molar-refractivity contribution in [3.05, 3.63) is 59.7 Å². The normalized spacial score (nSPS) is 10.1. The highest BCUT2D eigenvalue weighted by atomic mass is 16.5. The molecule has 7 heteroatoms. The molecule has 0 fully saturated rings. The lowest BCUT2D eigenvalue weighted by atomic mass is 10.2. The molecule has 0 unspecified atom stereocenters. The molecule has 2 heterocycles. The van der Waals surface area contributed by atoms with Gasteiger partial charge in [-0.3, -0.25) is 19.6 Å². The predicted molar refractivity (Wildman–Crippen MR) is 83.9 cm³/mol. The molecule has 0 spiro atoms. The summed E-state index contributed by atoms with van der Waals surface area (Å²) in [6.07, 6.45) is 6.18. The van der Waals surface area contributed by atoms with Gasteiger partial charge in [-0.05, 0) is 17.7 Å². The maximum absolute atomic E-state index is 12.1. The number of aromatic nitrogens is 2. The Balaban J connectivity index is 1.95. The Bertz CT molecular complexity index is 661. The minimum absolute atomic E-state index is 0.295. The first-order valence-electron chi connectivity index (χ1n) is 7.10. The molecular formula is C16H18N4O3. The van der Waals surface area contributed by atoms with Crippen LogP contribution in [0.15, 0.2) is 43.0 Å². The lowest BCUT2D eigenvalue weighted by Crippen LogP contribution is -2.28. The standard InChI is InChI=1S/C16H18N4O3/c1-23-6-5-19-15(21)13-7-14(11-18-10-13)16(22)20-9-12-3-2-4-17-8-12/h2-4,7-8,10-11H,5-6,9H2,1H3,(H,19,21)(H,20,22). The minimum atomic E-state index is -0.298. The fourth-order valence-corrected chi connectivity index (χ4v) is 1.84. The van der Waals surface area contributed by atoms with Crippen molar-refractivity contribution in [3.63, 3.8) is 0 Å². The van der Waals surface area contributed by atoms with E-state index in [4.69, 9.17) is 4.74 Å². The van der Waals surface area contributed by atoms with Gasteiger partial charge >= 0.3 is 0 Å². The van der Waals surface area contributed by atoms with E-state index < -0.39 is 0 Å². The summed E-state index contributed by atoms with van der Waals surface area (Å²) in [7, 11) is 1.56. The molecule has 2 amide bonds. The topological polar surface area (TPSA) is 93.2 Å². The van der Waals surface area contributed by atoms with Crippen molar-refractivity contribution in [3.8, 4) is 0 Å². The Kier molecular flexibility index (Phi) is 6.19. The van der Waals surface area contributed by atoms with Crippen LogP contribution < -0.4 is 10.6 Å². The van der Waals surface area contributed by atoms with E-state index in [-0.39, 0.29) is 11.8 Å². The fraction of sp³-hybridized carbons (Fsp3) is 0.250. The van der Waals surface area contributed by atoms with Crippen LogP contribution in [0, 0.1) is 0 Å². The molecule has 0 aliphatic heterocycles. The minimum Gasteiger partial charge on any atom is -0.383 e. The quantitative estimate of drug-likeness (QED) is 0.737. The highest BCUT2D eigenvalue weighted by Crippen LogP contribution is 2.04. The zero-order valence-electron chi connectivity index (χ0n) is 12.8. The molecule has 0 bridgehead atoms. The molecule has 7 nitrogen and oxygen atoms in total. The number of hydrogen-bond acceptors (Lipinski definition) is 5. The summed E-state index contributed by atoms with van der Waals surface area (Å²) in [4.78, 5) is 32.0. The summed E-state index contributed by atoms with van der Waals surface area (Å²) in [6.45, 7) is 1.17. The summed E-state index contributed by atoms with van der Waals surface area (Å²) < 4.78 is 4.86. The highest BCUT2D eigenvalue weighted by molar-refractivity contribution is 5.99. The van der Waals surface area contributed by atoms with Gasteiger partial charge < -0.3 is 15.4 Å². The third-order valence-corrected chi connectivity index (χ3v) is 3.03. The van der Waals surface area contributed by atoms with E-state index in [0.29, 0.717) is 30.8 Å². The maximum Gasteiger partial charge on any atom is 0.253 e. The van der Waals surface area contributed by atoms with Crippen molar-refractivity contribution >= 4 is 11.8 Å². The van der Waals surface area contributed by atoms with Crippen LogP contribution in [0.5, 0.6) is 0 Å². The maximum atomic E-state index is 12.1.